The van der Waals surface area contributed by atoms with Crippen molar-refractivity contribution in [3.8, 4) is 17.2 Å². The molecule has 2 aliphatic heterocycles. The summed E-state index contributed by atoms with van der Waals surface area (Å²) >= 11 is 0. The van der Waals surface area contributed by atoms with Gasteiger partial charge in [-0.05, 0) is 42.8 Å². The SMILES string of the molecule is CCOc1ccc([C@H]2Oc3ccccc3C3=C2[C@H](c2cccnc2)n2ncnc2N3)cc1OC. The third-order valence-electron chi connectivity index (χ3n) is 6.11. The van der Waals surface area contributed by atoms with Crippen LogP contribution in [0.1, 0.15) is 35.8 Å². The third kappa shape index (κ3) is 3.18. The number of methoxy groups -OCH3 is 1. The molecule has 34 heavy (non-hydrogen) atoms. The molecule has 0 spiro atoms. The van der Waals surface area contributed by atoms with Gasteiger partial charge in [-0.25, -0.2) is 4.68 Å². The summed E-state index contributed by atoms with van der Waals surface area (Å²) in [5.74, 6) is 2.83. The first-order valence-electron chi connectivity index (χ1n) is 11.2. The van der Waals surface area contributed by atoms with Crippen molar-refractivity contribution in [1.29, 1.82) is 0 Å². The summed E-state index contributed by atoms with van der Waals surface area (Å²) in [6.07, 6.45) is 4.79. The van der Waals surface area contributed by atoms with E-state index < -0.39 is 6.10 Å². The Hall–Kier alpha value is -4.33. The molecule has 4 heterocycles. The fraction of sp³-hybridized carbons (Fsp3) is 0.192. The highest BCUT2D eigenvalue weighted by Crippen LogP contribution is 2.51. The average molecular weight is 454 g/mol. The number of aromatic nitrogens is 4. The second-order valence-electron chi connectivity index (χ2n) is 8.01. The Morgan fingerprint density at radius 2 is 1.97 bits per heavy atom. The van der Waals surface area contributed by atoms with E-state index in [-0.39, 0.29) is 6.04 Å². The normalized spacial score (nSPS) is 18.2. The van der Waals surface area contributed by atoms with Crippen molar-refractivity contribution < 1.29 is 14.2 Å². The van der Waals surface area contributed by atoms with E-state index in [2.05, 4.69) is 32.5 Å². The largest absolute Gasteiger partial charge is 0.493 e. The molecule has 0 fully saturated rings. The first-order valence-corrected chi connectivity index (χ1v) is 11.2. The Balaban J connectivity index is 1.58. The van der Waals surface area contributed by atoms with Crippen molar-refractivity contribution >= 4 is 11.6 Å². The van der Waals surface area contributed by atoms with Crippen LogP contribution in [0.3, 0.4) is 0 Å². The van der Waals surface area contributed by atoms with Crippen molar-refractivity contribution in [3.63, 3.8) is 0 Å². The van der Waals surface area contributed by atoms with Crippen molar-refractivity contribution in [2.24, 2.45) is 0 Å². The molecule has 0 unspecified atom stereocenters. The van der Waals surface area contributed by atoms with Gasteiger partial charge in [0.2, 0.25) is 5.95 Å². The lowest BCUT2D eigenvalue weighted by Gasteiger charge is -2.38. The molecule has 6 rings (SSSR count). The molecule has 0 saturated carbocycles. The van der Waals surface area contributed by atoms with Gasteiger partial charge in [0.15, 0.2) is 11.5 Å². The van der Waals surface area contributed by atoms with Crippen molar-refractivity contribution in [2.75, 3.05) is 19.0 Å². The molecule has 170 valence electrons. The number of anilines is 1. The van der Waals surface area contributed by atoms with Gasteiger partial charge in [-0.1, -0.05) is 24.3 Å². The Morgan fingerprint density at radius 3 is 2.79 bits per heavy atom. The molecule has 4 aromatic rings. The van der Waals surface area contributed by atoms with Crippen LogP contribution < -0.4 is 19.5 Å². The van der Waals surface area contributed by atoms with E-state index in [0.29, 0.717) is 24.1 Å². The van der Waals surface area contributed by atoms with E-state index >= 15 is 0 Å². The third-order valence-corrected chi connectivity index (χ3v) is 6.11. The zero-order valence-electron chi connectivity index (χ0n) is 18.8. The summed E-state index contributed by atoms with van der Waals surface area (Å²) < 4.78 is 19.9. The van der Waals surface area contributed by atoms with Crippen molar-refractivity contribution in [2.45, 2.75) is 19.1 Å². The highest BCUT2D eigenvalue weighted by Gasteiger charge is 2.41. The predicted octanol–water partition coefficient (Wildman–Crippen LogP) is 4.64. The van der Waals surface area contributed by atoms with E-state index in [4.69, 9.17) is 14.2 Å². The quantitative estimate of drug-likeness (QED) is 0.471. The van der Waals surface area contributed by atoms with Crippen LogP contribution in [0.15, 0.2) is 78.9 Å². The number of benzene rings is 2. The monoisotopic (exact) mass is 453 g/mol. The Bertz CT molecular complexity index is 1380. The molecule has 0 radical (unpaired) electrons. The molecular formula is C26H23N5O3. The first-order chi connectivity index (χ1) is 16.8. The molecule has 0 saturated heterocycles. The molecule has 8 nitrogen and oxygen atoms in total. The maximum Gasteiger partial charge on any atom is 0.226 e. The number of nitrogens with one attached hydrogen (secondary N) is 1. The van der Waals surface area contributed by atoms with Gasteiger partial charge in [0.05, 0.1) is 19.4 Å². The van der Waals surface area contributed by atoms with Gasteiger partial charge >= 0.3 is 0 Å². The van der Waals surface area contributed by atoms with Gasteiger partial charge in [0.1, 0.15) is 24.2 Å². The molecule has 0 aliphatic carbocycles. The van der Waals surface area contributed by atoms with Crippen LogP contribution in [-0.4, -0.2) is 33.5 Å². The highest BCUT2D eigenvalue weighted by molar-refractivity contribution is 5.85. The van der Waals surface area contributed by atoms with Gasteiger partial charge < -0.3 is 19.5 Å². The van der Waals surface area contributed by atoms with Gasteiger partial charge in [-0.15, -0.1) is 0 Å². The number of ether oxygens (including phenoxy) is 3. The number of hydrogen-bond acceptors (Lipinski definition) is 7. The van der Waals surface area contributed by atoms with Gasteiger partial charge in [-0.2, -0.15) is 10.1 Å². The summed E-state index contributed by atoms with van der Waals surface area (Å²) in [6, 6.07) is 17.7. The van der Waals surface area contributed by atoms with Gasteiger partial charge in [0, 0.05) is 29.1 Å². The van der Waals surface area contributed by atoms with E-state index in [1.165, 1.54) is 0 Å². The smallest absolute Gasteiger partial charge is 0.226 e. The van der Waals surface area contributed by atoms with E-state index in [9.17, 15) is 0 Å². The van der Waals surface area contributed by atoms with Crippen LogP contribution in [0.25, 0.3) is 5.70 Å². The van der Waals surface area contributed by atoms with Crippen LogP contribution in [0.4, 0.5) is 5.95 Å². The summed E-state index contributed by atoms with van der Waals surface area (Å²) in [6.45, 7) is 2.51. The molecule has 1 N–H and O–H groups in total. The highest BCUT2D eigenvalue weighted by atomic mass is 16.5. The van der Waals surface area contributed by atoms with E-state index in [1.807, 2.05) is 60.3 Å². The number of rotatable bonds is 5. The lowest BCUT2D eigenvalue weighted by Crippen LogP contribution is -2.32. The van der Waals surface area contributed by atoms with Crippen LogP contribution in [-0.2, 0) is 0 Å². The van der Waals surface area contributed by atoms with Crippen molar-refractivity contribution in [1.82, 2.24) is 19.7 Å². The Morgan fingerprint density at radius 1 is 1.06 bits per heavy atom. The van der Waals surface area contributed by atoms with Crippen LogP contribution >= 0.6 is 0 Å². The average Bonchev–Trinajstić information content (AvgIpc) is 3.36. The number of para-hydroxylation sites is 1. The van der Waals surface area contributed by atoms with Crippen LogP contribution in [0, 0.1) is 0 Å². The number of fused-ring (bicyclic) bond motifs is 3. The van der Waals surface area contributed by atoms with E-state index in [0.717, 1.165) is 33.7 Å². The minimum absolute atomic E-state index is 0.252. The maximum atomic E-state index is 6.65. The topological polar surface area (TPSA) is 83.3 Å². The lowest BCUT2D eigenvalue weighted by molar-refractivity contribution is 0.222. The fourth-order valence-electron chi connectivity index (χ4n) is 4.67. The molecule has 2 aromatic carbocycles. The summed E-state index contributed by atoms with van der Waals surface area (Å²) in [5, 5.41) is 8.05. The number of nitrogens with zero attached hydrogens (tertiary/aromatic N) is 4. The summed E-state index contributed by atoms with van der Waals surface area (Å²) in [4.78, 5) is 8.84. The zero-order valence-corrected chi connectivity index (χ0v) is 18.8. The second kappa shape index (κ2) is 8.22. The standard InChI is InChI=1S/C26H23N5O3/c1-3-33-20-11-10-16(13-21(20)32-2)25-22-23(18-8-4-5-9-19(18)34-25)30-26-28-15-29-31(26)24(22)17-7-6-12-27-14-17/h4-15,24-25H,3H2,1-2H3,(H,28,29,30)/t24-,25+/m0/s1. The van der Waals surface area contributed by atoms with Crippen LogP contribution in [0.5, 0.6) is 17.2 Å². The van der Waals surface area contributed by atoms with E-state index in [1.54, 1.807) is 19.6 Å². The lowest BCUT2D eigenvalue weighted by atomic mass is 9.85. The molecule has 8 heteroatoms. The number of hydrogen-bond donors (Lipinski definition) is 1. The number of pyridine rings is 1. The van der Waals surface area contributed by atoms with Crippen molar-refractivity contribution in [3.05, 3.63) is 95.6 Å². The molecule has 2 aromatic heterocycles. The predicted molar refractivity (Wildman–Crippen MR) is 127 cm³/mol. The molecule has 0 bridgehead atoms. The minimum Gasteiger partial charge on any atom is -0.493 e. The second-order valence-corrected chi connectivity index (χ2v) is 8.01. The summed E-state index contributed by atoms with van der Waals surface area (Å²) in [7, 11) is 1.64. The minimum atomic E-state index is -0.399. The molecular weight excluding hydrogens is 430 g/mol. The van der Waals surface area contributed by atoms with Gasteiger partial charge in [0.25, 0.3) is 0 Å². The molecule has 2 atom stereocenters. The molecule has 0 amide bonds. The molecule has 2 aliphatic rings. The Kier molecular flexibility index (Phi) is 4.91. The summed E-state index contributed by atoms with van der Waals surface area (Å²) in [5.41, 5.74) is 4.91. The maximum absolute atomic E-state index is 6.65. The van der Waals surface area contributed by atoms with Gasteiger partial charge in [-0.3, -0.25) is 4.98 Å². The zero-order chi connectivity index (χ0) is 23.1. The van der Waals surface area contributed by atoms with Crippen LogP contribution in [0.2, 0.25) is 0 Å². The fourth-order valence-corrected chi connectivity index (χ4v) is 4.67. The first kappa shape index (κ1) is 20.3. The Labute approximate surface area is 196 Å².